The molecule has 0 rings (SSSR count). The number of hydrogen-bond donors (Lipinski definition) is 3. The van der Waals surface area contributed by atoms with Gasteiger partial charge in [-0.3, -0.25) is 9.59 Å². The first-order valence-electron chi connectivity index (χ1n) is 6.61. The van der Waals surface area contributed by atoms with Crippen molar-refractivity contribution in [2.24, 2.45) is 5.92 Å². The van der Waals surface area contributed by atoms with Gasteiger partial charge in [-0.25, -0.2) is 0 Å². The first-order chi connectivity index (χ1) is 8.49. The molecule has 0 saturated carbocycles. The summed E-state index contributed by atoms with van der Waals surface area (Å²) in [5.41, 5.74) is 0. The van der Waals surface area contributed by atoms with Gasteiger partial charge in [0.05, 0.1) is 18.4 Å². The summed E-state index contributed by atoms with van der Waals surface area (Å²) in [6.07, 6.45) is 4.75. The van der Waals surface area contributed by atoms with Gasteiger partial charge in [0.15, 0.2) is 0 Å². The highest BCUT2D eigenvalue weighted by molar-refractivity contribution is 5.73. The Labute approximate surface area is 108 Å². The lowest BCUT2D eigenvalue weighted by Crippen LogP contribution is -2.30. The lowest BCUT2D eigenvalue weighted by atomic mass is 9.93. The normalized spacial score (nSPS) is 14.1. The molecule has 0 amide bonds. The second kappa shape index (κ2) is 9.88. The SMILES string of the molecule is CCCCCCCC[C@H](C(=O)O)[C@@H](O)CC(=O)O. The smallest absolute Gasteiger partial charge is 0.309 e. The maximum atomic E-state index is 10.9. The largest absolute Gasteiger partial charge is 0.481 e. The van der Waals surface area contributed by atoms with Crippen LogP contribution >= 0.6 is 0 Å². The number of aliphatic hydroxyl groups excluding tert-OH is 1. The van der Waals surface area contributed by atoms with Crippen molar-refractivity contribution in [1.29, 1.82) is 0 Å². The Morgan fingerprint density at radius 3 is 2.06 bits per heavy atom. The van der Waals surface area contributed by atoms with Crippen LogP contribution in [0.4, 0.5) is 0 Å². The molecule has 0 radical (unpaired) electrons. The van der Waals surface area contributed by atoms with Crippen molar-refractivity contribution in [3.63, 3.8) is 0 Å². The molecule has 0 aromatic heterocycles. The maximum absolute atomic E-state index is 10.9. The van der Waals surface area contributed by atoms with E-state index in [-0.39, 0.29) is 0 Å². The molecule has 5 nitrogen and oxygen atoms in total. The predicted molar refractivity (Wildman–Crippen MR) is 67.4 cm³/mol. The second-order valence-corrected chi connectivity index (χ2v) is 4.67. The van der Waals surface area contributed by atoms with Gasteiger partial charge in [-0.15, -0.1) is 0 Å². The molecule has 0 heterocycles. The van der Waals surface area contributed by atoms with E-state index in [1.54, 1.807) is 0 Å². The molecule has 18 heavy (non-hydrogen) atoms. The summed E-state index contributed by atoms with van der Waals surface area (Å²) in [5, 5.41) is 27.0. The van der Waals surface area contributed by atoms with E-state index in [2.05, 4.69) is 6.92 Å². The lowest BCUT2D eigenvalue weighted by Gasteiger charge is -2.17. The number of hydrogen-bond acceptors (Lipinski definition) is 3. The molecule has 106 valence electrons. The van der Waals surface area contributed by atoms with Gasteiger partial charge < -0.3 is 15.3 Å². The summed E-state index contributed by atoms with van der Waals surface area (Å²) >= 11 is 0. The highest BCUT2D eigenvalue weighted by Crippen LogP contribution is 2.18. The Bertz CT molecular complexity index is 252. The zero-order chi connectivity index (χ0) is 14.0. The lowest BCUT2D eigenvalue weighted by molar-refractivity contribution is -0.148. The fourth-order valence-electron chi connectivity index (χ4n) is 1.95. The number of rotatable bonds is 11. The fourth-order valence-corrected chi connectivity index (χ4v) is 1.95. The molecule has 0 fully saturated rings. The van der Waals surface area contributed by atoms with Crippen molar-refractivity contribution in [3.05, 3.63) is 0 Å². The van der Waals surface area contributed by atoms with Gasteiger partial charge in [0.2, 0.25) is 0 Å². The van der Waals surface area contributed by atoms with E-state index in [1.807, 2.05) is 0 Å². The van der Waals surface area contributed by atoms with Crippen molar-refractivity contribution in [2.45, 2.75) is 64.4 Å². The first kappa shape index (κ1) is 16.9. The molecule has 0 aromatic carbocycles. The zero-order valence-corrected chi connectivity index (χ0v) is 11.0. The zero-order valence-electron chi connectivity index (χ0n) is 11.0. The van der Waals surface area contributed by atoms with E-state index < -0.39 is 30.4 Å². The molecular weight excluding hydrogens is 236 g/mol. The van der Waals surface area contributed by atoms with E-state index in [1.165, 1.54) is 6.42 Å². The molecule has 0 unspecified atom stereocenters. The third-order valence-corrected chi connectivity index (χ3v) is 3.03. The van der Waals surface area contributed by atoms with Crippen molar-refractivity contribution in [1.82, 2.24) is 0 Å². The van der Waals surface area contributed by atoms with Gasteiger partial charge in [-0.05, 0) is 6.42 Å². The van der Waals surface area contributed by atoms with Crippen LogP contribution in [0.2, 0.25) is 0 Å². The Morgan fingerprint density at radius 2 is 1.56 bits per heavy atom. The molecule has 0 aromatic rings. The minimum atomic E-state index is -1.30. The fraction of sp³-hybridized carbons (Fsp3) is 0.846. The quantitative estimate of drug-likeness (QED) is 0.495. The van der Waals surface area contributed by atoms with Gasteiger partial charge in [-0.2, -0.15) is 0 Å². The first-order valence-corrected chi connectivity index (χ1v) is 6.61. The average molecular weight is 260 g/mol. The van der Waals surface area contributed by atoms with E-state index >= 15 is 0 Å². The number of carbonyl (C=O) groups is 2. The van der Waals surface area contributed by atoms with Crippen LogP contribution in [0.25, 0.3) is 0 Å². The van der Waals surface area contributed by atoms with E-state index in [0.717, 1.165) is 32.1 Å². The van der Waals surface area contributed by atoms with Crippen LogP contribution in [0.15, 0.2) is 0 Å². The molecule has 5 heteroatoms. The molecule has 0 aliphatic heterocycles. The summed E-state index contributed by atoms with van der Waals surface area (Å²) in [6.45, 7) is 2.13. The van der Waals surface area contributed by atoms with Crippen LogP contribution in [0.3, 0.4) is 0 Å². The van der Waals surface area contributed by atoms with Gasteiger partial charge in [0.25, 0.3) is 0 Å². The van der Waals surface area contributed by atoms with Gasteiger partial charge in [-0.1, -0.05) is 45.4 Å². The Balaban J connectivity index is 3.90. The molecule has 3 N–H and O–H groups in total. The summed E-state index contributed by atoms with van der Waals surface area (Å²) < 4.78 is 0. The van der Waals surface area contributed by atoms with Gasteiger partial charge in [0.1, 0.15) is 0 Å². The summed E-state index contributed by atoms with van der Waals surface area (Å²) in [7, 11) is 0. The number of aliphatic hydroxyl groups is 1. The van der Waals surface area contributed by atoms with Crippen LogP contribution in [0.1, 0.15) is 58.3 Å². The Morgan fingerprint density at radius 1 is 1.00 bits per heavy atom. The molecule has 0 saturated heterocycles. The van der Waals surface area contributed by atoms with Crippen molar-refractivity contribution < 1.29 is 24.9 Å². The summed E-state index contributed by atoms with van der Waals surface area (Å²) in [4.78, 5) is 21.4. The molecule has 2 atom stereocenters. The number of carboxylic acids is 2. The predicted octanol–water partition coefficient (Wildman–Crippen LogP) is 2.27. The van der Waals surface area contributed by atoms with Crippen LogP contribution in [0, 0.1) is 5.92 Å². The minimum Gasteiger partial charge on any atom is -0.481 e. The van der Waals surface area contributed by atoms with Crippen LogP contribution in [-0.2, 0) is 9.59 Å². The number of carboxylic acid groups (broad SMARTS) is 2. The molecule has 0 bridgehead atoms. The van der Waals surface area contributed by atoms with E-state index in [4.69, 9.17) is 10.2 Å². The van der Waals surface area contributed by atoms with Gasteiger partial charge in [0, 0.05) is 0 Å². The third-order valence-electron chi connectivity index (χ3n) is 3.03. The maximum Gasteiger partial charge on any atom is 0.309 e. The monoisotopic (exact) mass is 260 g/mol. The highest BCUT2D eigenvalue weighted by atomic mass is 16.4. The number of unbranched alkanes of at least 4 members (excludes halogenated alkanes) is 5. The number of aliphatic carboxylic acids is 2. The van der Waals surface area contributed by atoms with Crippen LogP contribution < -0.4 is 0 Å². The second-order valence-electron chi connectivity index (χ2n) is 4.67. The van der Waals surface area contributed by atoms with Crippen molar-refractivity contribution in [3.8, 4) is 0 Å². The summed E-state index contributed by atoms with van der Waals surface area (Å²) in [6, 6.07) is 0. The van der Waals surface area contributed by atoms with E-state index in [0.29, 0.717) is 6.42 Å². The third kappa shape index (κ3) is 8.06. The van der Waals surface area contributed by atoms with Crippen LogP contribution in [0.5, 0.6) is 0 Å². The minimum absolute atomic E-state index is 0.343. The van der Waals surface area contributed by atoms with Gasteiger partial charge >= 0.3 is 11.9 Å². The molecule has 0 aliphatic rings. The topological polar surface area (TPSA) is 94.8 Å². The van der Waals surface area contributed by atoms with Crippen molar-refractivity contribution >= 4 is 11.9 Å². The summed E-state index contributed by atoms with van der Waals surface area (Å²) in [5.74, 6) is -3.25. The Kier molecular flexibility index (Phi) is 9.28. The standard InChI is InChI=1S/C13H24O5/c1-2-3-4-5-6-7-8-10(13(17)18)11(14)9-12(15)16/h10-11,14H,2-9H2,1H3,(H,15,16)(H,17,18)/t10-,11-/m0/s1. The molecule has 0 aliphatic carbocycles. The van der Waals surface area contributed by atoms with Crippen LogP contribution in [-0.4, -0.2) is 33.4 Å². The average Bonchev–Trinajstić information content (AvgIpc) is 2.26. The highest BCUT2D eigenvalue weighted by Gasteiger charge is 2.27. The molecule has 0 spiro atoms. The van der Waals surface area contributed by atoms with E-state index in [9.17, 15) is 14.7 Å². The Hall–Kier alpha value is -1.10. The molecular formula is C13H24O5. The van der Waals surface area contributed by atoms with Crippen molar-refractivity contribution in [2.75, 3.05) is 0 Å².